The van der Waals surface area contributed by atoms with Gasteiger partial charge in [0.25, 0.3) is 5.56 Å². The fraction of sp³-hybridized carbons (Fsp3) is 0.500. The van der Waals surface area contributed by atoms with Crippen LogP contribution < -0.4 is 11.2 Å². The minimum Gasteiger partial charge on any atom is -0.443 e. The average Bonchev–Trinajstić information content (AvgIpc) is 2.83. The smallest absolute Gasteiger partial charge is 0.332 e. The highest BCUT2D eigenvalue weighted by molar-refractivity contribution is 5.72. The Morgan fingerprint density at radius 3 is 2.57 bits per heavy atom. The first-order chi connectivity index (χ1) is 9.82. The van der Waals surface area contributed by atoms with E-state index in [1.165, 1.54) is 29.6 Å². The number of imidazole rings is 1. The van der Waals surface area contributed by atoms with Gasteiger partial charge >= 0.3 is 11.7 Å². The summed E-state index contributed by atoms with van der Waals surface area (Å²) in [5.41, 5.74) is -0.458. The number of hydrogen-bond acceptors (Lipinski definition) is 6. The predicted molar refractivity (Wildman–Crippen MR) is 74.9 cm³/mol. The molecule has 0 amide bonds. The molecule has 0 unspecified atom stereocenters. The van der Waals surface area contributed by atoms with Crippen molar-refractivity contribution < 1.29 is 9.53 Å². The zero-order valence-electron chi connectivity index (χ0n) is 12.4. The maximum Gasteiger partial charge on any atom is 0.332 e. The first kappa shape index (κ1) is 15.0. The molecule has 0 bridgehead atoms. The zero-order valence-corrected chi connectivity index (χ0v) is 12.4. The number of carbonyl (C=O) groups is 1. The van der Waals surface area contributed by atoms with E-state index in [1.54, 1.807) is 19.0 Å². The third-order valence-corrected chi connectivity index (χ3v) is 3.03. The quantitative estimate of drug-likeness (QED) is 0.637. The van der Waals surface area contributed by atoms with Gasteiger partial charge in [-0.2, -0.15) is 0 Å². The Bertz CT molecular complexity index is 798. The molecule has 0 aromatic carbocycles. The molecule has 0 N–H and O–H groups in total. The van der Waals surface area contributed by atoms with Gasteiger partial charge in [0.05, 0.1) is 6.54 Å². The van der Waals surface area contributed by atoms with E-state index in [0.29, 0.717) is 0 Å². The van der Waals surface area contributed by atoms with Crippen LogP contribution in [0, 0.1) is 0 Å². The van der Waals surface area contributed by atoms with Crippen LogP contribution in [0.15, 0.2) is 15.9 Å². The zero-order chi connectivity index (χ0) is 15.7. The Labute approximate surface area is 120 Å². The Morgan fingerprint density at radius 1 is 1.29 bits per heavy atom. The lowest BCUT2D eigenvalue weighted by molar-refractivity contribution is -0.148. The summed E-state index contributed by atoms with van der Waals surface area (Å²) in [6, 6.07) is 0. The summed E-state index contributed by atoms with van der Waals surface area (Å²) in [7, 11) is 6.41. The summed E-state index contributed by atoms with van der Waals surface area (Å²) >= 11 is 0. The van der Waals surface area contributed by atoms with Crippen LogP contribution in [0.4, 0.5) is 0 Å². The number of aromatic nitrogens is 4. The van der Waals surface area contributed by atoms with Crippen LogP contribution in [0.3, 0.4) is 0 Å². The Morgan fingerprint density at radius 2 is 1.95 bits per heavy atom. The molecule has 2 aromatic heterocycles. The van der Waals surface area contributed by atoms with Crippen LogP contribution in [-0.2, 0) is 30.4 Å². The van der Waals surface area contributed by atoms with E-state index in [1.807, 2.05) is 0 Å². The minimum absolute atomic E-state index is 0.128. The molecular formula is C12H17N5O4. The number of esters is 1. The summed E-state index contributed by atoms with van der Waals surface area (Å²) in [6.45, 7) is 0.0136. The van der Waals surface area contributed by atoms with Crippen LogP contribution >= 0.6 is 0 Å². The number of aryl methyl sites for hydroxylation is 1. The summed E-state index contributed by atoms with van der Waals surface area (Å²) in [5, 5.41) is 0. The summed E-state index contributed by atoms with van der Waals surface area (Å²) in [6.07, 6.45) is 1.37. The van der Waals surface area contributed by atoms with Crippen molar-refractivity contribution in [1.29, 1.82) is 0 Å². The Kier molecular flexibility index (Phi) is 3.94. The van der Waals surface area contributed by atoms with E-state index in [-0.39, 0.29) is 24.4 Å². The van der Waals surface area contributed by atoms with Crippen molar-refractivity contribution in [2.24, 2.45) is 14.1 Å². The summed E-state index contributed by atoms with van der Waals surface area (Å²) in [4.78, 5) is 41.2. The molecule has 0 atom stereocenters. The summed E-state index contributed by atoms with van der Waals surface area (Å²) < 4.78 is 8.75. The molecule has 0 radical (unpaired) electrons. The van der Waals surface area contributed by atoms with Crippen LogP contribution in [-0.4, -0.2) is 50.2 Å². The average molecular weight is 295 g/mol. The number of fused-ring (bicyclic) bond motifs is 1. The molecule has 114 valence electrons. The van der Waals surface area contributed by atoms with Gasteiger partial charge in [0.15, 0.2) is 17.9 Å². The van der Waals surface area contributed by atoms with E-state index >= 15 is 0 Å². The molecule has 0 fully saturated rings. The van der Waals surface area contributed by atoms with Crippen molar-refractivity contribution in [3.05, 3.63) is 27.2 Å². The van der Waals surface area contributed by atoms with E-state index in [9.17, 15) is 14.4 Å². The molecule has 2 aromatic rings. The largest absolute Gasteiger partial charge is 0.443 e. The van der Waals surface area contributed by atoms with Gasteiger partial charge in [-0.25, -0.2) is 9.78 Å². The third kappa shape index (κ3) is 2.72. The van der Waals surface area contributed by atoms with Crippen LogP contribution in [0.5, 0.6) is 0 Å². The maximum absolute atomic E-state index is 12.1. The van der Waals surface area contributed by atoms with Crippen molar-refractivity contribution in [3.63, 3.8) is 0 Å². The molecule has 9 nitrogen and oxygen atoms in total. The molecule has 9 heteroatoms. The minimum atomic E-state index is -0.478. The second-order valence-corrected chi connectivity index (χ2v) is 4.98. The number of likely N-dealkylation sites (N-methyl/N-ethyl adjacent to an activating group) is 1. The molecule has 2 heterocycles. The summed E-state index contributed by atoms with van der Waals surface area (Å²) in [5.74, 6) is -0.413. The second-order valence-electron chi connectivity index (χ2n) is 4.98. The maximum atomic E-state index is 12.1. The van der Waals surface area contributed by atoms with Gasteiger partial charge in [-0.15, -0.1) is 0 Å². The number of nitrogens with zero attached hydrogens (tertiary/aromatic N) is 5. The van der Waals surface area contributed by atoms with Gasteiger partial charge in [0.2, 0.25) is 0 Å². The first-order valence-corrected chi connectivity index (χ1v) is 6.24. The number of ether oxygens (including phenoxy) is 1. The monoisotopic (exact) mass is 295 g/mol. The number of rotatable bonds is 4. The lowest BCUT2D eigenvalue weighted by Gasteiger charge is -2.10. The van der Waals surface area contributed by atoms with Crippen LogP contribution in [0.2, 0.25) is 0 Å². The topological polar surface area (TPSA) is 91.4 Å². The third-order valence-electron chi connectivity index (χ3n) is 3.03. The lowest BCUT2D eigenvalue weighted by atomic mass is 10.5. The normalized spacial score (nSPS) is 11.3. The lowest BCUT2D eigenvalue weighted by Crippen LogP contribution is -2.37. The number of carbonyl (C=O) groups excluding carboxylic acids is 1. The highest BCUT2D eigenvalue weighted by Gasteiger charge is 2.15. The van der Waals surface area contributed by atoms with E-state index in [0.717, 1.165) is 4.57 Å². The molecule has 2 rings (SSSR count). The first-order valence-electron chi connectivity index (χ1n) is 6.24. The Balaban J connectivity index is 2.37. The molecule has 0 saturated carbocycles. The molecule has 0 aliphatic heterocycles. The molecular weight excluding hydrogens is 278 g/mol. The highest BCUT2D eigenvalue weighted by atomic mass is 16.5. The van der Waals surface area contributed by atoms with Crippen molar-refractivity contribution in [2.75, 3.05) is 20.6 Å². The van der Waals surface area contributed by atoms with E-state index < -0.39 is 17.2 Å². The van der Waals surface area contributed by atoms with E-state index in [2.05, 4.69) is 4.98 Å². The highest BCUT2D eigenvalue weighted by Crippen LogP contribution is 2.05. The van der Waals surface area contributed by atoms with Gasteiger partial charge in [0, 0.05) is 14.1 Å². The van der Waals surface area contributed by atoms with Crippen molar-refractivity contribution in [1.82, 2.24) is 23.6 Å². The SMILES string of the molecule is CN(C)CC(=O)OCn1cnc2c1c(=O)n(C)c(=O)n2C. The Hall–Kier alpha value is -2.42. The van der Waals surface area contributed by atoms with Crippen LogP contribution in [0.1, 0.15) is 0 Å². The molecule has 0 saturated heterocycles. The second kappa shape index (κ2) is 5.52. The van der Waals surface area contributed by atoms with Crippen molar-refractivity contribution in [3.8, 4) is 0 Å². The van der Waals surface area contributed by atoms with Gasteiger partial charge in [-0.3, -0.25) is 28.2 Å². The molecule has 0 aliphatic carbocycles. The predicted octanol–water partition coefficient (Wildman–Crippen LogP) is -1.50. The van der Waals surface area contributed by atoms with Gasteiger partial charge in [-0.05, 0) is 14.1 Å². The fourth-order valence-corrected chi connectivity index (χ4v) is 1.94. The standard InChI is InChI=1S/C12H17N5O4/c1-14(2)5-8(18)21-7-17-6-13-10-9(17)11(19)16(4)12(20)15(10)3/h6H,5,7H2,1-4H3. The molecule has 0 aliphatic rings. The van der Waals surface area contributed by atoms with Crippen LogP contribution in [0.25, 0.3) is 11.2 Å². The molecule has 0 spiro atoms. The van der Waals surface area contributed by atoms with Crippen molar-refractivity contribution in [2.45, 2.75) is 6.73 Å². The van der Waals surface area contributed by atoms with Gasteiger partial charge in [-0.1, -0.05) is 0 Å². The number of hydrogen-bond donors (Lipinski definition) is 0. The molecule has 21 heavy (non-hydrogen) atoms. The fourth-order valence-electron chi connectivity index (χ4n) is 1.94. The van der Waals surface area contributed by atoms with Gasteiger partial charge < -0.3 is 4.74 Å². The van der Waals surface area contributed by atoms with Crippen molar-refractivity contribution >= 4 is 17.1 Å². The van der Waals surface area contributed by atoms with Gasteiger partial charge in [0.1, 0.15) is 6.33 Å². The van der Waals surface area contributed by atoms with E-state index in [4.69, 9.17) is 4.74 Å².